The number of hydrogen-bond donors (Lipinski definition) is 0. The van der Waals surface area contributed by atoms with Crippen LogP contribution in [-0.4, -0.2) is 18.7 Å². The molecule has 7 atom stereocenters. The van der Waals surface area contributed by atoms with Gasteiger partial charge in [-0.3, -0.25) is 0 Å². The van der Waals surface area contributed by atoms with Crippen LogP contribution in [-0.2, 0) is 9.53 Å². The van der Waals surface area contributed by atoms with Gasteiger partial charge in [-0.15, -0.1) is 0 Å². The predicted molar refractivity (Wildman–Crippen MR) is 58.7 cm³/mol. The van der Waals surface area contributed by atoms with E-state index in [0.29, 0.717) is 24.2 Å². The van der Waals surface area contributed by atoms with E-state index in [-0.39, 0.29) is 24.8 Å². The van der Waals surface area contributed by atoms with Crippen molar-refractivity contribution in [1.29, 1.82) is 0 Å². The van der Waals surface area contributed by atoms with Gasteiger partial charge in [-0.1, -0.05) is 12.2 Å². The van der Waals surface area contributed by atoms with E-state index in [9.17, 15) is 9.90 Å². The van der Waals surface area contributed by atoms with Gasteiger partial charge in [-0.25, -0.2) is 0 Å². The van der Waals surface area contributed by atoms with Crippen LogP contribution in [0.4, 0.5) is 0 Å². The van der Waals surface area contributed by atoms with Crippen molar-refractivity contribution < 1.29 is 33.5 Å². The standard InChI is InChI=1S/C14H18O3.Li/c1-17-14(13(15)16)6-9-5-10(14)12-8-3-2-7(4-8)11(9)12;/h2-3,7-12H,4-6H2,1H3,(H,15,16);/q;+1/p-1. The van der Waals surface area contributed by atoms with Crippen LogP contribution in [0.3, 0.4) is 0 Å². The van der Waals surface area contributed by atoms with Crippen molar-refractivity contribution in [3.63, 3.8) is 0 Å². The molecule has 3 saturated carbocycles. The number of methoxy groups -OCH3 is 1. The molecule has 0 N–H and O–H groups in total. The maximum atomic E-state index is 11.5. The molecule has 7 unspecified atom stereocenters. The Morgan fingerprint density at radius 2 is 1.94 bits per heavy atom. The van der Waals surface area contributed by atoms with Crippen LogP contribution in [0.25, 0.3) is 0 Å². The Morgan fingerprint density at radius 1 is 1.28 bits per heavy atom. The molecular weight excluding hydrogens is 223 g/mol. The third-order valence-corrected chi connectivity index (χ3v) is 6.02. The van der Waals surface area contributed by atoms with Crippen molar-refractivity contribution in [2.75, 3.05) is 7.11 Å². The first-order valence-electron chi connectivity index (χ1n) is 6.62. The molecule has 0 spiro atoms. The molecule has 0 amide bonds. The molecule has 4 heteroatoms. The van der Waals surface area contributed by atoms with Gasteiger partial charge in [0, 0.05) is 7.11 Å². The largest absolute Gasteiger partial charge is 1.00 e. The number of rotatable bonds is 2. The van der Waals surface area contributed by atoms with E-state index in [4.69, 9.17) is 4.74 Å². The first kappa shape index (κ1) is 12.8. The van der Waals surface area contributed by atoms with E-state index in [1.807, 2.05) is 0 Å². The molecular formula is C14H17LiO3. The number of carbonyl (C=O) groups excluding carboxylic acids is 1. The maximum absolute atomic E-state index is 11.5. The van der Waals surface area contributed by atoms with E-state index in [2.05, 4.69) is 12.2 Å². The Kier molecular flexibility index (Phi) is 2.76. The zero-order chi connectivity index (χ0) is 11.8. The van der Waals surface area contributed by atoms with Crippen LogP contribution in [0.1, 0.15) is 19.3 Å². The van der Waals surface area contributed by atoms with Gasteiger partial charge in [-0.2, -0.15) is 0 Å². The van der Waals surface area contributed by atoms with Crippen molar-refractivity contribution in [2.24, 2.45) is 35.5 Å². The fourth-order valence-electron chi connectivity index (χ4n) is 5.58. The summed E-state index contributed by atoms with van der Waals surface area (Å²) < 4.78 is 5.42. The van der Waals surface area contributed by atoms with Crippen LogP contribution in [0, 0.1) is 35.5 Å². The number of hydrogen-bond acceptors (Lipinski definition) is 3. The molecule has 4 bridgehead atoms. The van der Waals surface area contributed by atoms with Gasteiger partial charge in [0.1, 0.15) is 5.60 Å². The quantitative estimate of drug-likeness (QED) is 0.307. The minimum atomic E-state index is -0.988. The minimum Gasteiger partial charge on any atom is -0.547 e. The third kappa shape index (κ3) is 1.23. The minimum absolute atomic E-state index is 0. The molecule has 0 aromatic heterocycles. The molecule has 18 heavy (non-hydrogen) atoms. The van der Waals surface area contributed by atoms with Gasteiger partial charge in [-0.05, 0) is 54.8 Å². The van der Waals surface area contributed by atoms with E-state index >= 15 is 0 Å². The Labute approximate surface area is 119 Å². The fourth-order valence-corrected chi connectivity index (χ4v) is 5.58. The van der Waals surface area contributed by atoms with Gasteiger partial charge in [0.05, 0.1) is 5.97 Å². The molecule has 92 valence electrons. The molecule has 0 heterocycles. The second kappa shape index (κ2) is 3.88. The molecule has 0 aliphatic heterocycles. The maximum Gasteiger partial charge on any atom is 1.00 e. The summed E-state index contributed by atoms with van der Waals surface area (Å²) >= 11 is 0. The van der Waals surface area contributed by atoms with Crippen molar-refractivity contribution >= 4 is 5.97 Å². The smallest absolute Gasteiger partial charge is 0.547 e. The molecule has 3 fully saturated rings. The van der Waals surface area contributed by atoms with E-state index < -0.39 is 11.6 Å². The Balaban J connectivity index is 0.000001000. The molecule has 0 aromatic rings. The van der Waals surface area contributed by atoms with Gasteiger partial charge in [0.25, 0.3) is 0 Å². The average Bonchev–Trinajstić information content (AvgIpc) is 3.05. The molecule has 0 radical (unpaired) electrons. The van der Waals surface area contributed by atoms with Gasteiger partial charge in [0.2, 0.25) is 0 Å². The van der Waals surface area contributed by atoms with E-state index in [1.165, 1.54) is 13.5 Å². The summed E-state index contributed by atoms with van der Waals surface area (Å²) in [6, 6.07) is 0. The summed E-state index contributed by atoms with van der Waals surface area (Å²) in [5, 5.41) is 11.5. The summed E-state index contributed by atoms with van der Waals surface area (Å²) in [5.41, 5.74) is -0.982. The van der Waals surface area contributed by atoms with Crippen molar-refractivity contribution in [3.05, 3.63) is 12.2 Å². The van der Waals surface area contributed by atoms with Gasteiger partial charge in [0.15, 0.2) is 0 Å². The fraction of sp³-hybridized carbons (Fsp3) is 0.786. The Morgan fingerprint density at radius 3 is 2.56 bits per heavy atom. The van der Waals surface area contributed by atoms with Crippen molar-refractivity contribution in [1.82, 2.24) is 0 Å². The zero-order valence-corrected chi connectivity index (χ0v) is 11.0. The second-order valence-corrected chi connectivity index (χ2v) is 6.29. The second-order valence-electron chi connectivity index (χ2n) is 6.29. The summed E-state index contributed by atoms with van der Waals surface area (Å²) in [5.74, 6) is 2.35. The summed E-state index contributed by atoms with van der Waals surface area (Å²) in [4.78, 5) is 11.5. The summed E-state index contributed by atoms with van der Waals surface area (Å²) in [6.45, 7) is 0. The monoisotopic (exact) mass is 240 g/mol. The Hall–Kier alpha value is -0.233. The number of carboxylic acids is 1. The number of carbonyl (C=O) groups is 1. The van der Waals surface area contributed by atoms with Crippen molar-refractivity contribution in [3.8, 4) is 0 Å². The topological polar surface area (TPSA) is 49.4 Å². The molecule has 4 aliphatic rings. The summed E-state index contributed by atoms with van der Waals surface area (Å²) in [7, 11) is 1.54. The van der Waals surface area contributed by atoms with E-state index in [0.717, 1.165) is 18.3 Å². The molecule has 3 nitrogen and oxygen atoms in total. The van der Waals surface area contributed by atoms with Crippen LogP contribution in [0.5, 0.6) is 0 Å². The van der Waals surface area contributed by atoms with Gasteiger partial charge < -0.3 is 14.6 Å². The first-order valence-corrected chi connectivity index (χ1v) is 6.62. The number of aliphatic carboxylic acids is 1. The number of fused-ring (bicyclic) bond motifs is 9. The predicted octanol–water partition coefficient (Wildman–Crippen LogP) is -2.40. The zero-order valence-electron chi connectivity index (χ0n) is 11.0. The molecule has 0 saturated heterocycles. The average molecular weight is 240 g/mol. The molecule has 0 aromatic carbocycles. The number of carboxylic acid groups (broad SMARTS) is 1. The van der Waals surface area contributed by atoms with Crippen molar-refractivity contribution in [2.45, 2.75) is 24.9 Å². The SMILES string of the molecule is COC1(C(=O)[O-])CC2CC1C1C3C=CC(C3)C21.[Li+]. The van der Waals surface area contributed by atoms with Crippen LogP contribution >= 0.6 is 0 Å². The van der Waals surface area contributed by atoms with Crippen LogP contribution in [0.2, 0.25) is 0 Å². The first-order chi connectivity index (χ1) is 8.17. The third-order valence-electron chi connectivity index (χ3n) is 6.02. The van der Waals surface area contributed by atoms with Crippen LogP contribution < -0.4 is 24.0 Å². The summed E-state index contributed by atoms with van der Waals surface area (Å²) in [6.07, 6.45) is 7.62. The molecule has 4 rings (SSSR count). The number of allylic oxidation sites excluding steroid dienone is 2. The van der Waals surface area contributed by atoms with Gasteiger partial charge >= 0.3 is 18.9 Å². The normalized spacial score (nSPS) is 54.5. The Bertz CT molecular complexity index is 421. The van der Waals surface area contributed by atoms with Crippen LogP contribution in [0.15, 0.2) is 12.2 Å². The molecule has 4 aliphatic carbocycles. The van der Waals surface area contributed by atoms with E-state index in [1.54, 1.807) is 0 Å². The number of ether oxygens (including phenoxy) is 1.